The first kappa shape index (κ1) is 11.8. The van der Waals surface area contributed by atoms with Gasteiger partial charge < -0.3 is 11.1 Å². The van der Waals surface area contributed by atoms with Gasteiger partial charge in [0, 0.05) is 6.54 Å². The van der Waals surface area contributed by atoms with E-state index < -0.39 is 5.41 Å². The van der Waals surface area contributed by atoms with Crippen molar-refractivity contribution in [2.24, 2.45) is 23.0 Å². The van der Waals surface area contributed by atoms with Crippen LogP contribution in [0.25, 0.3) is 0 Å². The van der Waals surface area contributed by atoms with Crippen molar-refractivity contribution in [3.8, 4) is 0 Å². The van der Waals surface area contributed by atoms with Crippen LogP contribution in [0.3, 0.4) is 0 Å². The second-order valence-electron chi connectivity index (χ2n) is 5.34. The second-order valence-corrected chi connectivity index (χ2v) is 5.78. The molecule has 2 saturated carbocycles. The highest BCUT2D eigenvalue weighted by Gasteiger charge is 2.44. The van der Waals surface area contributed by atoms with Gasteiger partial charge in [0.25, 0.3) is 0 Å². The predicted octanol–water partition coefficient (Wildman–Crippen LogP) is 1.61. The zero-order valence-corrected chi connectivity index (χ0v) is 10.6. The Labute approximate surface area is 102 Å². The Hall–Kier alpha value is -0.640. The Morgan fingerprint density at radius 2 is 2.06 bits per heavy atom. The van der Waals surface area contributed by atoms with E-state index in [-0.39, 0.29) is 5.91 Å². The summed E-state index contributed by atoms with van der Waals surface area (Å²) < 4.78 is 0. The van der Waals surface area contributed by atoms with Gasteiger partial charge in [0.2, 0.25) is 5.91 Å². The first-order chi connectivity index (χ1) is 7.56. The van der Waals surface area contributed by atoms with E-state index in [2.05, 4.69) is 12.2 Å². The molecular weight excluding hydrogens is 220 g/mol. The minimum atomic E-state index is -0.534. The molecule has 0 aromatic carbocycles. The Morgan fingerprint density at radius 3 is 2.50 bits per heavy atom. The van der Waals surface area contributed by atoms with E-state index in [0.717, 1.165) is 38.1 Å². The molecule has 3 nitrogen and oxygen atoms in total. The molecule has 2 fully saturated rings. The summed E-state index contributed by atoms with van der Waals surface area (Å²) in [6.45, 7) is 3.01. The molecule has 2 atom stereocenters. The molecule has 16 heavy (non-hydrogen) atoms. The molecule has 0 spiro atoms. The van der Waals surface area contributed by atoms with Crippen LogP contribution in [0.2, 0.25) is 0 Å². The van der Waals surface area contributed by atoms with Crippen molar-refractivity contribution in [2.45, 2.75) is 39.0 Å². The number of carbonyl (C=O) groups excluding carboxylic acids is 1. The van der Waals surface area contributed by atoms with Crippen molar-refractivity contribution in [3.05, 3.63) is 0 Å². The Balaban J connectivity index is 1.92. The number of thiocarbonyl (C=S) groups is 1. The summed E-state index contributed by atoms with van der Waals surface area (Å²) in [5.74, 6) is 1.51. The summed E-state index contributed by atoms with van der Waals surface area (Å²) in [7, 11) is 0. The molecule has 2 aliphatic carbocycles. The smallest absolute Gasteiger partial charge is 0.233 e. The largest absolute Gasteiger partial charge is 0.392 e. The molecule has 0 heterocycles. The lowest BCUT2D eigenvalue weighted by Gasteiger charge is -2.26. The molecule has 2 aliphatic rings. The van der Waals surface area contributed by atoms with Crippen LogP contribution in [-0.2, 0) is 4.79 Å². The number of nitrogens with one attached hydrogen (secondary N) is 1. The van der Waals surface area contributed by atoms with Crippen LogP contribution in [0.15, 0.2) is 0 Å². The van der Waals surface area contributed by atoms with Gasteiger partial charge in [0.1, 0.15) is 0 Å². The number of carbonyl (C=O) groups is 1. The van der Waals surface area contributed by atoms with Gasteiger partial charge in [0.05, 0.1) is 10.4 Å². The summed E-state index contributed by atoms with van der Waals surface area (Å²) in [4.78, 5) is 12.5. The van der Waals surface area contributed by atoms with E-state index in [1.54, 1.807) is 0 Å². The van der Waals surface area contributed by atoms with Crippen molar-refractivity contribution in [3.63, 3.8) is 0 Å². The Bertz CT molecular complexity index is 310. The standard InChI is InChI=1S/C12H20N2OS/c1-8-6-9(8)7-14-11(15)12(10(13)16)4-2-3-5-12/h8-9H,2-7H2,1H3,(H2,13,16)(H,14,15). The van der Waals surface area contributed by atoms with Crippen LogP contribution in [0.4, 0.5) is 0 Å². The van der Waals surface area contributed by atoms with Crippen molar-refractivity contribution in [2.75, 3.05) is 6.54 Å². The average molecular weight is 240 g/mol. The Morgan fingerprint density at radius 1 is 1.50 bits per heavy atom. The number of hydrogen-bond acceptors (Lipinski definition) is 2. The quantitative estimate of drug-likeness (QED) is 0.734. The van der Waals surface area contributed by atoms with Gasteiger partial charge in [-0.25, -0.2) is 0 Å². The van der Waals surface area contributed by atoms with Crippen molar-refractivity contribution >= 4 is 23.1 Å². The number of hydrogen-bond donors (Lipinski definition) is 2. The lowest BCUT2D eigenvalue weighted by molar-refractivity contribution is -0.127. The molecule has 0 aromatic heterocycles. The molecule has 2 rings (SSSR count). The third-order valence-electron chi connectivity index (χ3n) is 4.16. The molecule has 1 amide bonds. The van der Waals surface area contributed by atoms with E-state index in [0.29, 0.717) is 10.9 Å². The monoisotopic (exact) mass is 240 g/mol. The maximum absolute atomic E-state index is 12.2. The van der Waals surface area contributed by atoms with Crippen molar-refractivity contribution in [1.29, 1.82) is 0 Å². The fourth-order valence-electron chi connectivity index (χ4n) is 2.64. The predicted molar refractivity (Wildman–Crippen MR) is 68.0 cm³/mol. The van der Waals surface area contributed by atoms with E-state index in [1.807, 2.05) is 0 Å². The molecule has 4 heteroatoms. The number of amides is 1. The molecule has 0 saturated heterocycles. The second kappa shape index (κ2) is 4.32. The normalized spacial score (nSPS) is 31.1. The van der Waals surface area contributed by atoms with Crippen LogP contribution < -0.4 is 11.1 Å². The minimum Gasteiger partial charge on any atom is -0.392 e. The fraction of sp³-hybridized carbons (Fsp3) is 0.833. The molecule has 90 valence electrons. The van der Waals surface area contributed by atoms with Crippen LogP contribution in [0.5, 0.6) is 0 Å². The zero-order valence-electron chi connectivity index (χ0n) is 9.79. The molecule has 3 N–H and O–H groups in total. The lowest BCUT2D eigenvalue weighted by atomic mass is 9.85. The van der Waals surface area contributed by atoms with Crippen molar-refractivity contribution < 1.29 is 4.79 Å². The average Bonchev–Trinajstić information content (AvgIpc) is 2.78. The molecule has 0 aliphatic heterocycles. The molecule has 0 radical (unpaired) electrons. The van der Waals surface area contributed by atoms with E-state index in [4.69, 9.17) is 18.0 Å². The highest BCUT2D eigenvalue weighted by Crippen LogP contribution is 2.40. The van der Waals surface area contributed by atoms with Crippen LogP contribution in [-0.4, -0.2) is 17.4 Å². The summed E-state index contributed by atoms with van der Waals surface area (Å²) in [5.41, 5.74) is 5.22. The highest BCUT2D eigenvalue weighted by molar-refractivity contribution is 7.80. The fourth-order valence-corrected chi connectivity index (χ4v) is 2.94. The Kier molecular flexibility index (Phi) is 3.19. The SMILES string of the molecule is CC1CC1CNC(=O)C1(C(N)=S)CCCC1. The number of rotatable bonds is 4. The lowest BCUT2D eigenvalue weighted by Crippen LogP contribution is -2.47. The molecule has 0 aromatic rings. The van der Waals surface area contributed by atoms with E-state index in [1.165, 1.54) is 6.42 Å². The van der Waals surface area contributed by atoms with Gasteiger partial charge in [-0.05, 0) is 31.1 Å². The third kappa shape index (κ3) is 2.08. The van der Waals surface area contributed by atoms with Crippen molar-refractivity contribution in [1.82, 2.24) is 5.32 Å². The zero-order chi connectivity index (χ0) is 11.8. The van der Waals surface area contributed by atoms with E-state index in [9.17, 15) is 4.79 Å². The van der Waals surface area contributed by atoms with Crippen LogP contribution >= 0.6 is 12.2 Å². The highest BCUT2D eigenvalue weighted by atomic mass is 32.1. The summed E-state index contributed by atoms with van der Waals surface area (Å²) >= 11 is 5.08. The molecular formula is C12H20N2OS. The van der Waals surface area contributed by atoms with Gasteiger partial charge in [-0.15, -0.1) is 0 Å². The maximum atomic E-state index is 12.2. The van der Waals surface area contributed by atoms with Crippen LogP contribution in [0, 0.1) is 17.3 Å². The maximum Gasteiger partial charge on any atom is 0.233 e. The third-order valence-corrected chi connectivity index (χ3v) is 4.56. The topological polar surface area (TPSA) is 55.1 Å². The first-order valence-corrected chi connectivity index (χ1v) is 6.55. The van der Waals surface area contributed by atoms with Gasteiger partial charge in [-0.2, -0.15) is 0 Å². The van der Waals surface area contributed by atoms with Gasteiger partial charge >= 0.3 is 0 Å². The summed E-state index contributed by atoms with van der Waals surface area (Å²) in [6.07, 6.45) is 5.01. The van der Waals surface area contributed by atoms with Gasteiger partial charge in [0.15, 0.2) is 0 Å². The van der Waals surface area contributed by atoms with Gasteiger partial charge in [-0.1, -0.05) is 32.0 Å². The van der Waals surface area contributed by atoms with Crippen LogP contribution in [0.1, 0.15) is 39.0 Å². The number of nitrogens with two attached hydrogens (primary N) is 1. The molecule has 2 unspecified atom stereocenters. The minimum absolute atomic E-state index is 0.0663. The van der Waals surface area contributed by atoms with E-state index >= 15 is 0 Å². The van der Waals surface area contributed by atoms with Gasteiger partial charge in [-0.3, -0.25) is 4.79 Å². The molecule has 0 bridgehead atoms. The summed E-state index contributed by atoms with van der Waals surface area (Å²) in [5, 5.41) is 3.03. The summed E-state index contributed by atoms with van der Waals surface area (Å²) in [6, 6.07) is 0. The first-order valence-electron chi connectivity index (χ1n) is 6.14.